The molecule has 0 N–H and O–H groups in total. The summed E-state index contributed by atoms with van der Waals surface area (Å²) in [5.41, 5.74) is 1.93. The van der Waals surface area contributed by atoms with Crippen LogP contribution >= 0.6 is 0 Å². The molecule has 0 spiro atoms. The molecule has 0 fully saturated rings. The Hall–Kier alpha value is -3.01. The third-order valence-electron chi connectivity index (χ3n) is 3.46. The number of rotatable bonds is 5. The third kappa shape index (κ3) is 3.61. The fourth-order valence-corrected chi connectivity index (χ4v) is 2.18. The molecule has 116 valence electrons. The van der Waals surface area contributed by atoms with E-state index in [0.29, 0.717) is 11.5 Å². The average Bonchev–Trinajstić information content (AvgIpc) is 3.00. The van der Waals surface area contributed by atoms with E-state index in [1.807, 2.05) is 84.7 Å². The molecule has 1 aromatic heterocycles. The van der Waals surface area contributed by atoms with Crippen LogP contribution in [0.4, 0.5) is 5.69 Å². The van der Waals surface area contributed by atoms with Crippen molar-refractivity contribution in [3.63, 3.8) is 0 Å². The zero-order valence-electron chi connectivity index (χ0n) is 13.1. The SMILES string of the molecule is COc1ccccc1Oc1ccc(N=Cc2cccn2C)cc1. The van der Waals surface area contributed by atoms with Crippen molar-refractivity contribution in [2.24, 2.45) is 12.0 Å². The highest BCUT2D eigenvalue weighted by molar-refractivity contribution is 5.80. The van der Waals surface area contributed by atoms with E-state index < -0.39 is 0 Å². The van der Waals surface area contributed by atoms with Crippen LogP contribution in [0.3, 0.4) is 0 Å². The number of benzene rings is 2. The maximum Gasteiger partial charge on any atom is 0.169 e. The molecule has 0 saturated carbocycles. The molecule has 0 aliphatic carbocycles. The number of para-hydroxylation sites is 2. The van der Waals surface area contributed by atoms with Crippen LogP contribution in [0.1, 0.15) is 5.69 Å². The zero-order chi connectivity index (χ0) is 16.1. The summed E-state index contributed by atoms with van der Waals surface area (Å²) in [6.07, 6.45) is 3.83. The Morgan fingerprint density at radius 1 is 0.913 bits per heavy atom. The predicted molar refractivity (Wildman–Crippen MR) is 92.2 cm³/mol. The van der Waals surface area contributed by atoms with Gasteiger partial charge in [0.2, 0.25) is 0 Å². The number of nitrogens with zero attached hydrogens (tertiary/aromatic N) is 2. The number of hydrogen-bond donors (Lipinski definition) is 0. The highest BCUT2D eigenvalue weighted by atomic mass is 16.5. The van der Waals surface area contributed by atoms with Crippen LogP contribution in [0.5, 0.6) is 17.2 Å². The molecular weight excluding hydrogens is 288 g/mol. The second-order valence-electron chi connectivity index (χ2n) is 5.05. The molecule has 1 heterocycles. The van der Waals surface area contributed by atoms with E-state index >= 15 is 0 Å². The molecule has 4 nitrogen and oxygen atoms in total. The highest BCUT2D eigenvalue weighted by Gasteiger charge is 2.04. The van der Waals surface area contributed by atoms with Gasteiger partial charge in [-0.25, -0.2) is 0 Å². The average molecular weight is 306 g/mol. The van der Waals surface area contributed by atoms with Crippen molar-refractivity contribution in [2.45, 2.75) is 0 Å². The topological polar surface area (TPSA) is 35.8 Å². The summed E-state index contributed by atoms with van der Waals surface area (Å²) in [4.78, 5) is 4.47. The molecule has 0 saturated heterocycles. The summed E-state index contributed by atoms with van der Waals surface area (Å²) < 4.78 is 13.1. The minimum Gasteiger partial charge on any atom is -0.493 e. The van der Waals surface area contributed by atoms with Gasteiger partial charge in [-0.15, -0.1) is 0 Å². The maximum absolute atomic E-state index is 5.84. The smallest absolute Gasteiger partial charge is 0.169 e. The van der Waals surface area contributed by atoms with Crippen molar-refractivity contribution in [2.75, 3.05) is 7.11 Å². The molecule has 23 heavy (non-hydrogen) atoms. The van der Waals surface area contributed by atoms with Gasteiger partial charge < -0.3 is 14.0 Å². The highest BCUT2D eigenvalue weighted by Crippen LogP contribution is 2.31. The number of hydrogen-bond acceptors (Lipinski definition) is 3. The Morgan fingerprint density at radius 3 is 2.30 bits per heavy atom. The first-order valence-corrected chi connectivity index (χ1v) is 7.32. The molecule has 0 aliphatic heterocycles. The standard InChI is InChI=1S/C19H18N2O2/c1-21-13-5-6-16(21)14-20-15-9-11-17(12-10-15)23-19-8-4-3-7-18(19)22-2/h3-14H,1-2H3. The Morgan fingerprint density at radius 2 is 1.65 bits per heavy atom. The summed E-state index contributed by atoms with van der Waals surface area (Å²) in [6, 6.07) is 19.2. The first-order valence-electron chi connectivity index (χ1n) is 7.32. The van der Waals surface area contributed by atoms with Crippen LogP contribution in [-0.2, 0) is 7.05 Å². The molecule has 0 bridgehead atoms. The van der Waals surface area contributed by atoms with Gasteiger partial charge in [0.1, 0.15) is 5.75 Å². The van der Waals surface area contributed by atoms with Crippen LogP contribution < -0.4 is 9.47 Å². The number of aryl methyl sites for hydroxylation is 1. The Kier molecular flexibility index (Phi) is 4.43. The van der Waals surface area contributed by atoms with E-state index in [-0.39, 0.29) is 0 Å². The zero-order valence-corrected chi connectivity index (χ0v) is 13.1. The van der Waals surface area contributed by atoms with Crippen LogP contribution in [-0.4, -0.2) is 17.9 Å². The summed E-state index contributed by atoms with van der Waals surface area (Å²) in [5.74, 6) is 2.14. The quantitative estimate of drug-likeness (QED) is 0.647. The number of aromatic nitrogens is 1. The second-order valence-corrected chi connectivity index (χ2v) is 5.05. The van der Waals surface area contributed by atoms with Crippen molar-refractivity contribution >= 4 is 11.9 Å². The molecule has 3 rings (SSSR count). The normalized spacial score (nSPS) is 10.9. The van der Waals surface area contributed by atoms with Crippen LogP contribution in [0.2, 0.25) is 0 Å². The molecule has 0 radical (unpaired) electrons. The molecule has 4 heteroatoms. The number of aliphatic imine (C=N–C) groups is 1. The first-order chi connectivity index (χ1) is 11.3. The lowest BCUT2D eigenvalue weighted by Gasteiger charge is -2.09. The largest absolute Gasteiger partial charge is 0.493 e. The van der Waals surface area contributed by atoms with E-state index in [4.69, 9.17) is 9.47 Å². The Balaban J connectivity index is 1.72. The van der Waals surface area contributed by atoms with Crippen LogP contribution in [0, 0.1) is 0 Å². The minimum atomic E-state index is 0.690. The second kappa shape index (κ2) is 6.83. The molecule has 0 amide bonds. The van der Waals surface area contributed by atoms with Gasteiger partial charge in [0.15, 0.2) is 11.5 Å². The van der Waals surface area contributed by atoms with Crippen molar-refractivity contribution < 1.29 is 9.47 Å². The summed E-state index contributed by atoms with van der Waals surface area (Å²) >= 11 is 0. The third-order valence-corrected chi connectivity index (χ3v) is 3.46. The predicted octanol–water partition coefficient (Wildman–Crippen LogP) is 4.58. The van der Waals surface area contributed by atoms with Gasteiger partial charge in [-0.05, 0) is 48.5 Å². The van der Waals surface area contributed by atoms with Crippen LogP contribution in [0.15, 0.2) is 71.9 Å². The molecule has 0 aliphatic rings. The van der Waals surface area contributed by atoms with E-state index in [1.54, 1.807) is 7.11 Å². The molecule has 3 aromatic rings. The van der Waals surface area contributed by atoms with Crippen molar-refractivity contribution in [1.29, 1.82) is 0 Å². The molecule has 0 unspecified atom stereocenters. The summed E-state index contributed by atoms with van der Waals surface area (Å²) in [6.45, 7) is 0. The van der Waals surface area contributed by atoms with Gasteiger partial charge in [-0.2, -0.15) is 0 Å². The Bertz CT molecular complexity index is 804. The van der Waals surface area contributed by atoms with Gasteiger partial charge in [-0.1, -0.05) is 12.1 Å². The number of methoxy groups -OCH3 is 1. The first kappa shape index (κ1) is 14.9. The van der Waals surface area contributed by atoms with Gasteiger partial charge >= 0.3 is 0 Å². The summed E-state index contributed by atoms with van der Waals surface area (Å²) in [5, 5.41) is 0. The van der Waals surface area contributed by atoms with E-state index in [0.717, 1.165) is 17.1 Å². The molecular formula is C19H18N2O2. The minimum absolute atomic E-state index is 0.690. The van der Waals surface area contributed by atoms with Crippen molar-refractivity contribution in [1.82, 2.24) is 4.57 Å². The fraction of sp³-hybridized carbons (Fsp3) is 0.105. The summed E-state index contributed by atoms with van der Waals surface area (Å²) in [7, 11) is 3.62. The molecule has 0 atom stereocenters. The lowest BCUT2D eigenvalue weighted by Crippen LogP contribution is -1.92. The van der Waals surface area contributed by atoms with Crippen LogP contribution in [0.25, 0.3) is 0 Å². The van der Waals surface area contributed by atoms with Gasteiger partial charge in [0.05, 0.1) is 24.7 Å². The Labute approximate surface area is 135 Å². The van der Waals surface area contributed by atoms with Crippen molar-refractivity contribution in [3.8, 4) is 17.2 Å². The lowest BCUT2D eigenvalue weighted by molar-refractivity contribution is 0.379. The van der Waals surface area contributed by atoms with Gasteiger partial charge in [0, 0.05) is 13.2 Å². The van der Waals surface area contributed by atoms with E-state index in [9.17, 15) is 0 Å². The number of ether oxygens (including phenoxy) is 2. The van der Waals surface area contributed by atoms with E-state index in [2.05, 4.69) is 4.99 Å². The fourth-order valence-electron chi connectivity index (χ4n) is 2.18. The molecule has 2 aromatic carbocycles. The van der Waals surface area contributed by atoms with Gasteiger partial charge in [0.25, 0.3) is 0 Å². The van der Waals surface area contributed by atoms with Gasteiger partial charge in [-0.3, -0.25) is 4.99 Å². The maximum atomic E-state index is 5.84. The van der Waals surface area contributed by atoms with Crippen molar-refractivity contribution in [3.05, 3.63) is 72.6 Å². The van der Waals surface area contributed by atoms with E-state index in [1.165, 1.54) is 0 Å². The lowest BCUT2D eigenvalue weighted by atomic mass is 10.3. The monoisotopic (exact) mass is 306 g/mol.